The van der Waals surface area contributed by atoms with Gasteiger partial charge in [0, 0.05) is 18.5 Å². The van der Waals surface area contributed by atoms with Crippen LogP contribution in [-0.2, 0) is 9.59 Å². The minimum atomic E-state index is -0.234. The molecule has 0 radical (unpaired) electrons. The quantitative estimate of drug-likeness (QED) is 0.814. The van der Waals surface area contributed by atoms with Gasteiger partial charge in [-0.15, -0.1) is 12.4 Å². The number of hydrogen-bond donors (Lipinski definition) is 2. The molecular formula is C15H26ClN3O2. The predicted molar refractivity (Wildman–Crippen MR) is 83.0 cm³/mol. The van der Waals surface area contributed by atoms with Gasteiger partial charge in [-0.05, 0) is 51.0 Å². The summed E-state index contributed by atoms with van der Waals surface area (Å²) in [6.07, 6.45) is 7.01. The Labute approximate surface area is 132 Å². The number of nitrogens with one attached hydrogen (secondary N) is 1. The van der Waals surface area contributed by atoms with Crippen LogP contribution in [0.25, 0.3) is 0 Å². The highest BCUT2D eigenvalue weighted by Gasteiger charge is 2.41. The van der Waals surface area contributed by atoms with Crippen LogP contribution in [0.5, 0.6) is 0 Å². The summed E-state index contributed by atoms with van der Waals surface area (Å²) in [6, 6.07) is 0.130. The number of nitrogens with zero attached hydrogens (tertiary/aromatic N) is 1. The van der Waals surface area contributed by atoms with E-state index in [2.05, 4.69) is 5.32 Å². The van der Waals surface area contributed by atoms with Crippen molar-refractivity contribution in [1.29, 1.82) is 0 Å². The smallest absolute Gasteiger partial charge is 0.243 e. The largest absolute Gasteiger partial charge is 0.352 e. The number of rotatable bonds is 4. The number of carbonyl (C=O) groups excluding carboxylic acids is 2. The van der Waals surface area contributed by atoms with Gasteiger partial charge in [0.1, 0.15) is 6.04 Å². The third kappa shape index (κ3) is 3.51. The van der Waals surface area contributed by atoms with Crippen LogP contribution in [0.2, 0.25) is 0 Å². The second kappa shape index (κ2) is 6.97. The van der Waals surface area contributed by atoms with Crippen molar-refractivity contribution in [3.63, 3.8) is 0 Å². The van der Waals surface area contributed by atoms with E-state index in [1.807, 2.05) is 4.90 Å². The van der Waals surface area contributed by atoms with Gasteiger partial charge >= 0.3 is 0 Å². The number of halogens is 1. The molecule has 6 heteroatoms. The lowest BCUT2D eigenvalue weighted by Gasteiger charge is -2.28. The normalized spacial score (nSPS) is 31.9. The Morgan fingerprint density at radius 1 is 1.10 bits per heavy atom. The molecule has 1 aliphatic heterocycles. The van der Waals surface area contributed by atoms with Crippen LogP contribution in [0.15, 0.2) is 0 Å². The molecule has 3 rings (SSSR count). The Kier molecular flexibility index (Phi) is 5.49. The highest BCUT2D eigenvalue weighted by atomic mass is 35.5. The van der Waals surface area contributed by atoms with Gasteiger partial charge in [0.2, 0.25) is 11.8 Å². The first-order valence-electron chi connectivity index (χ1n) is 8.01. The highest BCUT2D eigenvalue weighted by Crippen LogP contribution is 2.34. The molecule has 3 fully saturated rings. The molecule has 3 aliphatic rings. The monoisotopic (exact) mass is 315 g/mol. The van der Waals surface area contributed by atoms with E-state index < -0.39 is 0 Å². The SMILES string of the molecule is Cl.NC[C@H]1CCC[C@H]1C(=O)N1CCCC1C(=O)NC1CC1. The minimum Gasteiger partial charge on any atom is -0.352 e. The Balaban J connectivity index is 0.00000161. The van der Waals surface area contributed by atoms with Crippen molar-refractivity contribution >= 4 is 24.2 Å². The Bertz CT molecular complexity index is 400. The lowest BCUT2D eigenvalue weighted by Crippen LogP contribution is -2.49. The van der Waals surface area contributed by atoms with Crippen molar-refractivity contribution in [2.45, 2.75) is 57.0 Å². The standard InChI is InChI=1S/C15H25N3O2.ClH/c16-9-10-3-1-4-12(10)15(20)18-8-2-5-13(18)14(19)17-11-6-7-11;/h10-13H,1-9,16H2,(H,17,19);1H/t10-,12-,13?;/m1./s1. The van der Waals surface area contributed by atoms with Crippen LogP contribution >= 0.6 is 12.4 Å². The molecule has 0 spiro atoms. The molecule has 2 amide bonds. The van der Waals surface area contributed by atoms with E-state index in [0.717, 1.165) is 51.5 Å². The summed E-state index contributed by atoms with van der Waals surface area (Å²) in [5.74, 6) is 0.594. The van der Waals surface area contributed by atoms with Gasteiger partial charge < -0.3 is 16.0 Å². The number of amides is 2. The van der Waals surface area contributed by atoms with E-state index in [4.69, 9.17) is 5.73 Å². The maximum Gasteiger partial charge on any atom is 0.243 e. The van der Waals surface area contributed by atoms with Crippen LogP contribution in [0, 0.1) is 11.8 Å². The lowest BCUT2D eigenvalue weighted by molar-refractivity contribution is -0.142. The number of carbonyl (C=O) groups is 2. The van der Waals surface area contributed by atoms with Gasteiger partial charge in [-0.1, -0.05) is 6.42 Å². The number of nitrogens with two attached hydrogens (primary N) is 1. The summed E-state index contributed by atoms with van der Waals surface area (Å²) in [7, 11) is 0. The molecule has 1 unspecified atom stereocenters. The van der Waals surface area contributed by atoms with Crippen LogP contribution < -0.4 is 11.1 Å². The summed E-state index contributed by atoms with van der Waals surface area (Å²) in [4.78, 5) is 26.8. The van der Waals surface area contributed by atoms with Gasteiger partial charge in [0.15, 0.2) is 0 Å². The van der Waals surface area contributed by atoms with E-state index in [9.17, 15) is 9.59 Å². The predicted octanol–water partition coefficient (Wildman–Crippen LogP) is 1.05. The maximum atomic E-state index is 12.7. The molecule has 0 bridgehead atoms. The highest BCUT2D eigenvalue weighted by molar-refractivity contribution is 5.89. The Hall–Kier alpha value is -0.810. The van der Waals surface area contributed by atoms with Crippen LogP contribution in [-0.4, -0.2) is 41.9 Å². The summed E-state index contributed by atoms with van der Waals surface area (Å²) in [6.45, 7) is 1.32. The summed E-state index contributed by atoms with van der Waals surface area (Å²) < 4.78 is 0. The Morgan fingerprint density at radius 2 is 1.86 bits per heavy atom. The maximum absolute atomic E-state index is 12.7. The van der Waals surface area contributed by atoms with Crippen molar-refractivity contribution in [3.05, 3.63) is 0 Å². The third-order valence-electron chi connectivity index (χ3n) is 5.04. The third-order valence-corrected chi connectivity index (χ3v) is 5.04. The average Bonchev–Trinajstić information content (AvgIpc) is 2.99. The van der Waals surface area contributed by atoms with Gasteiger partial charge in [-0.2, -0.15) is 0 Å². The molecule has 2 saturated carbocycles. The minimum absolute atomic E-state index is 0. The zero-order valence-corrected chi connectivity index (χ0v) is 13.2. The van der Waals surface area contributed by atoms with Crippen LogP contribution in [0.1, 0.15) is 44.9 Å². The van der Waals surface area contributed by atoms with Crippen molar-refractivity contribution < 1.29 is 9.59 Å². The van der Waals surface area contributed by atoms with E-state index in [0.29, 0.717) is 18.5 Å². The van der Waals surface area contributed by atoms with E-state index in [1.54, 1.807) is 0 Å². The van der Waals surface area contributed by atoms with Crippen LogP contribution in [0.4, 0.5) is 0 Å². The first-order valence-corrected chi connectivity index (χ1v) is 8.01. The van der Waals surface area contributed by atoms with Gasteiger partial charge in [0.25, 0.3) is 0 Å². The average molecular weight is 316 g/mol. The molecule has 1 saturated heterocycles. The van der Waals surface area contributed by atoms with Gasteiger partial charge in [-0.25, -0.2) is 0 Å². The summed E-state index contributed by atoms with van der Waals surface area (Å²) in [5.41, 5.74) is 5.78. The van der Waals surface area contributed by atoms with Crippen LogP contribution in [0.3, 0.4) is 0 Å². The molecule has 3 N–H and O–H groups in total. The molecule has 120 valence electrons. The second-order valence-electron chi connectivity index (χ2n) is 6.51. The fourth-order valence-electron chi connectivity index (χ4n) is 3.69. The van der Waals surface area contributed by atoms with E-state index >= 15 is 0 Å². The van der Waals surface area contributed by atoms with Gasteiger partial charge in [-0.3, -0.25) is 9.59 Å². The number of likely N-dealkylation sites (tertiary alicyclic amines) is 1. The molecule has 0 aromatic carbocycles. The van der Waals surface area contributed by atoms with Crippen molar-refractivity contribution in [2.24, 2.45) is 17.6 Å². The van der Waals surface area contributed by atoms with E-state index in [1.165, 1.54) is 0 Å². The fourth-order valence-corrected chi connectivity index (χ4v) is 3.69. The summed E-state index contributed by atoms with van der Waals surface area (Å²) in [5, 5.41) is 3.04. The summed E-state index contributed by atoms with van der Waals surface area (Å²) >= 11 is 0. The van der Waals surface area contributed by atoms with Gasteiger partial charge in [0.05, 0.1) is 0 Å². The molecule has 0 aromatic rings. The topological polar surface area (TPSA) is 75.4 Å². The molecular weight excluding hydrogens is 290 g/mol. The molecule has 21 heavy (non-hydrogen) atoms. The molecule has 1 heterocycles. The molecule has 2 aliphatic carbocycles. The van der Waals surface area contributed by atoms with Crippen molar-refractivity contribution in [3.8, 4) is 0 Å². The van der Waals surface area contributed by atoms with Crippen molar-refractivity contribution in [1.82, 2.24) is 10.2 Å². The van der Waals surface area contributed by atoms with E-state index in [-0.39, 0.29) is 36.2 Å². The number of hydrogen-bond acceptors (Lipinski definition) is 3. The Morgan fingerprint density at radius 3 is 2.52 bits per heavy atom. The lowest BCUT2D eigenvalue weighted by atomic mass is 9.94. The molecule has 5 nitrogen and oxygen atoms in total. The molecule has 0 aromatic heterocycles. The zero-order valence-electron chi connectivity index (χ0n) is 12.4. The zero-order chi connectivity index (χ0) is 14.1. The second-order valence-corrected chi connectivity index (χ2v) is 6.51. The first-order chi connectivity index (χ1) is 9.70. The molecule has 3 atom stereocenters. The fraction of sp³-hybridized carbons (Fsp3) is 0.867. The first kappa shape index (κ1) is 16.6. The van der Waals surface area contributed by atoms with Crippen molar-refractivity contribution in [2.75, 3.05) is 13.1 Å².